The molecule has 30 heavy (non-hydrogen) atoms. The van der Waals surface area contributed by atoms with E-state index in [0.29, 0.717) is 25.9 Å². The fraction of sp³-hybridized carbons (Fsp3) is 0.261. The first-order chi connectivity index (χ1) is 14.4. The van der Waals surface area contributed by atoms with E-state index in [-0.39, 0.29) is 17.7 Å². The smallest absolute Gasteiger partial charge is 0.324 e. The maximum absolute atomic E-state index is 12.5. The van der Waals surface area contributed by atoms with Crippen LogP contribution >= 0.6 is 0 Å². The van der Waals surface area contributed by atoms with Gasteiger partial charge in [0.2, 0.25) is 0 Å². The summed E-state index contributed by atoms with van der Waals surface area (Å²) in [6.45, 7) is 1.24. The number of hydrogen-bond acceptors (Lipinski definition) is 5. The summed E-state index contributed by atoms with van der Waals surface area (Å²) in [6.07, 6.45) is 1.04. The van der Waals surface area contributed by atoms with Crippen molar-refractivity contribution in [3.8, 4) is 5.75 Å². The predicted octanol–water partition coefficient (Wildman–Crippen LogP) is 2.25. The first-order valence-electron chi connectivity index (χ1n) is 9.94. The third-order valence-electron chi connectivity index (χ3n) is 6.17. The van der Waals surface area contributed by atoms with E-state index >= 15 is 0 Å². The van der Waals surface area contributed by atoms with E-state index in [4.69, 9.17) is 4.98 Å². The second kappa shape index (κ2) is 6.81. The number of hydrogen-bond donors (Lipinski definition) is 3. The Labute approximate surface area is 173 Å². The van der Waals surface area contributed by atoms with Crippen LogP contribution in [0.3, 0.4) is 0 Å². The number of nitrogens with zero attached hydrogens (tertiary/aromatic N) is 2. The van der Waals surface area contributed by atoms with E-state index in [9.17, 15) is 14.7 Å². The number of imide groups is 1. The molecule has 1 aliphatic heterocycles. The van der Waals surface area contributed by atoms with Crippen LogP contribution in [0.1, 0.15) is 22.4 Å². The third-order valence-corrected chi connectivity index (χ3v) is 6.17. The summed E-state index contributed by atoms with van der Waals surface area (Å²) in [5.41, 5.74) is 4.15. The van der Waals surface area contributed by atoms with Crippen molar-refractivity contribution >= 4 is 22.8 Å². The van der Waals surface area contributed by atoms with Crippen LogP contribution < -0.4 is 10.6 Å². The highest BCUT2D eigenvalue weighted by Crippen LogP contribution is 2.38. The molecule has 0 saturated carbocycles. The molecule has 1 spiro atoms. The van der Waals surface area contributed by atoms with Crippen molar-refractivity contribution < 1.29 is 14.7 Å². The highest BCUT2D eigenvalue weighted by atomic mass is 16.3. The summed E-state index contributed by atoms with van der Waals surface area (Å²) in [6, 6.07) is 15.0. The Morgan fingerprint density at radius 1 is 1.10 bits per heavy atom. The second-order valence-corrected chi connectivity index (χ2v) is 8.09. The van der Waals surface area contributed by atoms with E-state index in [1.165, 1.54) is 4.90 Å². The molecule has 2 aromatic carbocycles. The second-order valence-electron chi connectivity index (χ2n) is 8.09. The summed E-state index contributed by atoms with van der Waals surface area (Å²) in [7, 11) is 1.68. The number of aromatic nitrogens is 1. The molecule has 0 radical (unpaired) electrons. The third kappa shape index (κ3) is 2.98. The minimum atomic E-state index is -0.817. The molecule has 1 atom stereocenters. The monoisotopic (exact) mass is 402 g/mol. The van der Waals surface area contributed by atoms with Gasteiger partial charge in [0.05, 0.1) is 11.2 Å². The lowest BCUT2D eigenvalue weighted by atomic mass is 9.95. The van der Waals surface area contributed by atoms with Gasteiger partial charge in [-0.1, -0.05) is 18.2 Å². The molecule has 2 heterocycles. The summed E-state index contributed by atoms with van der Waals surface area (Å²) in [4.78, 5) is 30.7. The number of nitrogens with one attached hydrogen (secondary N) is 2. The van der Waals surface area contributed by atoms with Crippen LogP contribution in [-0.2, 0) is 30.7 Å². The zero-order chi connectivity index (χ0) is 20.9. The molecule has 2 aliphatic rings. The summed E-state index contributed by atoms with van der Waals surface area (Å²) >= 11 is 0. The molecular formula is C23H22N4O3. The van der Waals surface area contributed by atoms with Gasteiger partial charge in [-0.25, -0.2) is 4.79 Å². The number of amides is 3. The molecule has 1 saturated heterocycles. The Bertz CT molecular complexity index is 1190. The zero-order valence-corrected chi connectivity index (χ0v) is 16.6. The number of urea groups is 1. The number of aromatic hydroxyl groups is 1. The van der Waals surface area contributed by atoms with Gasteiger partial charge in [-0.2, -0.15) is 0 Å². The Hall–Kier alpha value is -3.45. The Balaban J connectivity index is 1.35. The van der Waals surface area contributed by atoms with Gasteiger partial charge in [-0.3, -0.25) is 15.1 Å². The standard InChI is InChI=1S/C23H22N4O3/c1-27-22(30)26-21(29)23(27)10-16-8-15-5-6-18(25-20(15)9-17(16)11-23)13-24-12-14-3-2-4-19(28)7-14/h2-9,24,28H,10-13H2,1H3,(H,26,29,30). The highest BCUT2D eigenvalue weighted by Gasteiger charge is 2.54. The van der Waals surface area contributed by atoms with Crippen molar-refractivity contribution in [2.45, 2.75) is 31.5 Å². The van der Waals surface area contributed by atoms with Crippen LogP contribution in [0.5, 0.6) is 5.75 Å². The summed E-state index contributed by atoms with van der Waals surface area (Å²) in [5, 5.41) is 16.4. The molecule has 1 aliphatic carbocycles. The van der Waals surface area contributed by atoms with Gasteiger partial charge in [-0.05, 0) is 47.0 Å². The van der Waals surface area contributed by atoms with Crippen molar-refractivity contribution in [3.63, 3.8) is 0 Å². The van der Waals surface area contributed by atoms with Crippen LogP contribution in [0.4, 0.5) is 4.79 Å². The van der Waals surface area contributed by atoms with Gasteiger partial charge in [0.15, 0.2) is 0 Å². The molecule has 7 nitrogen and oxygen atoms in total. The van der Waals surface area contributed by atoms with Crippen LogP contribution in [0.25, 0.3) is 10.9 Å². The van der Waals surface area contributed by atoms with E-state index in [1.54, 1.807) is 19.2 Å². The van der Waals surface area contributed by atoms with Crippen molar-refractivity contribution in [1.82, 2.24) is 20.5 Å². The summed E-state index contributed by atoms with van der Waals surface area (Å²) < 4.78 is 0. The SMILES string of the molecule is CN1C(=O)NC(=O)C12Cc1cc3ccc(CNCc4cccc(O)c4)nc3cc1C2. The molecule has 1 aromatic heterocycles. The number of rotatable bonds is 4. The average Bonchev–Trinajstić information content (AvgIpc) is 3.19. The number of benzene rings is 2. The van der Waals surface area contributed by atoms with E-state index in [2.05, 4.69) is 16.7 Å². The lowest BCUT2D eigenvalue weighted by Crippen LogP contribution is -2.48. The van der Waals surface area contributed by atoms with Crippen LogP contribution in [0.15, 0.2) is 48.5 Å². The van der Waals surface area contributed by atoms with Crippen LogP contribution in [0.2, 0.25) is 0 Å². The van der Waals surface area contributed by atoms with E-state index < -0.39 is 5.54 Å². The van der Waals surface area contributed by atoms with Gasteiger partial charge in [0, 0.05) is 38.4 Å². The maximum Gasteiger partial charge on any atom is 0.324 e. The molecule has 3 N–H and O–H groups in total. The molecule has 1 fully saturated rings. The van der Waals surface area contributed by atoms with Crippen LogP contribution in [0, 0.1) is 0 Å². The molecule has 3 amide bonds. The van der Waals surface area contributed by atoms with Gasteiger partial charge in [0.25, 0.3) is 5.91 Å². The van der Waals surface area contributed by atoms with Gasteiger partial charge >= 0.3 is 6.03 Å². The van der Waals surface area contributed by atoms with Crippen molar-refractivity contribution in [1.29, 1.82) is 0 Å². The van der Waals surface area contributed by atoms with Crippen LogP contribution in [-0.4, -0.2) is 39.5 Å². The molecule has 1 unspecified atom stereocenters. The largest absolute Gasteiger partial charge is 0.508 e. The maximum atomic E-state index is 12.5. The highest BCUT2D eigenvalue weighted by molar-refractivity contribution is 6.07. The molecule has 5 rings (SSSR count). The lowest BCUT2D eigenvalue weighted by molar-refractivity contribution is -0.125. The summed E-state index contributed by atoms with van der Waals surface area (Å²) in [5.74, 6) is 0.0353. The molecule has 3 aromatic rings. The Kier molecular flexibility index (Phi) is 4.22. The number of fused-ring (bicyclic) bond motifs is 2. The Morgan fingerprint density at radius 3 is 2.63 bits per heavy atom. The number of pyridine rings is 1. The topological polar surface area (TPSA) is 94.6 Å². The fourth-order valence-corrected chi connectivity index (χ4v) is 4.47. The normalized spacial score (nSPS) is 20.2. The quantitative estimate of drug-likeness (QED) is 0.582. The molecular weight excluding hydrogens is 380 g/mol. The first kappa shape index (κ1) is 18.6. The van der Waals surface area contributed by atoms with Crippen molar-refractivity contribution in [2.24, 2.45) is 0 Å². The number of phenolic OH excluding ortho intramolecular Hbond substituents is 1. The number of carbonyl (C=O) groups is 2. The molecule has 0 bridgehead atoms. The first-order valence-corrected chi connectivity index (χ1v) is 9.94. The predicted molar refractivity (Wildman–Crippen MR) is 112 cm³/mol. The minimum absolute atomic E-state index is 0.222. The minimum Gasteiger partial charge on any atom is -0.508 e. The number of likely N-dealkylation sites (N-methyl/N-ethyl adjacent to an activating group) is 1. The van der Waals surface area contributed by atoms with Crippen molar-refractivity contribution in [2.75, 3.05) is 7.05 Å². The molecule has 7 heteroatoms. The van der Waals surface area contributed by atoms with E-state index in [1.807, 2.05) is 30.3 Å². The lowest BCUT2D eigenvalue weighted by Gasteiger charge is -2.27. The number of carbonyl (C=O) groups excluding carboxylic acids is 2. The van der Waals surface area contributed by atoms with E-state index in [0.717, 1.165) is 33.3 Å². The average molecular weight is 402 g/mol. The van der Waals surface area contributed by atoms with Gasteiger partial charge < -0.3 is 15.3 Å². The van der Waals surface area contributed by atoms with Gasteiger partial charge in [0.1, 0.15) is 11.3 Å². The fourth-order valence-electron chi connectivity index (χ4n) is 4.47. The Morgan fingerprint density at radius 2 is 1.90 bits per heavy atom. The molecule has 152 valence electrons. The number of phenols is 1. The van der Waals surface area contributed by atoms with Crippen molar-refractivity contribution in [3.05, 3.63) is 70.9 Å². The van der Waals surface area contributed by atoms with Gasteiger partial charge in [-0.15, -0.1) is 0 Å². The zero-order valence-electron chi connectivity index (χ0n) is 16.6.